The molecular formula is C10H15AlO2S. The lowest BCUT2D eigenvalue weighted by Crippen LogP contribution is -2.13. The topological polar surface area (TPSA) is 34.1 Å². The van der Waals surface area contributed by atoms with Crippen molar-refractivity contribution in [2.24, 2.45) is 0 Å². The first-order chi connectivity index (χ1) is 6.42. The molecule has 0 saturated heterocycles. The Kier molecular flexibility index (Phi) is 3.77. The zero-order chi connectivity index (χ0) is 10.8. The Morgan fingerprint density at radius 2 is 1.64 bits per heavy atom. The highest BCUT2D eigenvalue weighted by molar-refractivity contribution is 8.15. The molecule has 0 amide bonds. The summed E-state index contributed by atoms with van der Waals surface area (Å²) in [5, 5.41) is 0. The van der Waals surface area contributed by atoms with Crippen LogP contribution in [0.4, 0.5) is 0 Å². The molecule has 1 aromatic rings. The molecule has 0 saturated carbocycles. The molecule has 0 fully saturated rings. The van der Waals surface area contributed by atoms with Crippen LogP contribution in [-0.2, 0) is 8.20 Å². The Morgan fingerprint density at radius 3 is 2.07 bits per heavy atom. The molecule has 76 valence electrons. The van der Waals surface area contributed by atoms with E-state index in [4.69, 9.17) is 0 Å². The van der Waals surface area contributed by atoms with Crippen LogP contribution in [-0.4, -0.2) is 22.5 Å². The largest absolute Gasteiger partial charge is 0.443 e. The number of rotatable bonds is 3. The van der Waals surface area contributed by atoms with E-state index in [2.05, 4.69) is 0 Å². The van der Waals surface area contributed by atoms with Gasteiger partial charge in [-0.1, -0.05) is 36.3 Å². The summed E-state index contributed by atoms with van der Waals surface area (Å²) in [4.78, 5) is 0.489. The fraction of sp³-hybridized carbons (Fsp3) is 0.400. The zero-order valence-electron chi connectivity index (χ0n) is 8.82. The van der Waals surface area contributed by atoms with Gasteiger partial charge in [-0.05, 0) is 19.1 Å². The van der Waals surface area contributed by atoms with Crippen molar-refractivity contribution in [3.8, 4) is 0 Å². The molecule has 14 heavy (non-hydrogen) atoms. The Labute approximate surface area is 91.0 Å². The summed E-state index contributed by atoms with van der Waals surface area (Å²) in [5.41, 5.74) is 1.09. The summed E-state index contributed by atoms with van der Waals surface area (Å²) in [5.74, 6) is 0. The van der Waals surface area contributed by atoms with Crippen molar-refractivity contribution in [1.29, 1.82) is 0 Å². The average Bonchev–Trinajstić information content (AvgIpc) is 2.02. The van der Waals surface area contributed by atoms with Crippen molar-refractivity contribution in [3.05, 3.63) is 29.8 Å². The van der Waals surface area contributed by atoms with Gasteiger partial charge in [0.25, 0.3) is 0 Å². The molecule has 1 aromatic carbocycles. The third kappa shape index (κ3) is 3.13. The van der Waals surface area contributed by atoms with E-state index in [9.17, 15) is 8.42 Å². The lowest BCUT2D eigenvalue weighted by atomic mass is 10.2. The van der Waals surface area contributed by atoms with Crippen LogP contribution in [0.15, 0.2) is 29.2 Å². The van der Waals surface area contributed by atoms with Gasteiger partial charge in [0.2, 0.25) is 0 Å². The van der Waals surface area contributed by atoms with Crippen LogP contribution in [0, 0.1) is 6.92 Å². The maximum absolute atomic E-state index is 11.8. The second kappa shape index (κ2) is 4.48. The maximum atomic E-state index is 11.8. The van der Waals surface area contributed by atoms with E-state index in [0.717, 1.165) is 5.56 Å². The minimum Gasteiger partial charge on any atom is -0.248 e. The van der Waals surface area contributed by atoms with Crippen molar-refractivity contribution < 1.29 is 8.42 Å². The molecule has 0 spiro atoms. The normalized spacial score (nSPS) is 11.7. The van der Waals surface area contributed by atoms with Crippen LogP contribution in [0.2, 0.25) is 4.78 Å². The van der Waals surface area contributed by atoms with Gasteiger partial charge in [0.1, 0.15) is 0 Å². The van der Waals surface area contributed by atoms with Crippen LogP contribution in [0.1, 0.15) is 19.4 Å². The molecule has 4 heteroatoms. The minimum absolute atomic E-state index is 0.307. The molecule has 0 atom stereocenters. The van der Waals surface area contributed by atoms with Gasteiger partial charge in [-0.2, -0.15) is 0 Å². The standard InChI is InChI=1S/C7H7O2S.C3H7.Al.H/c1-6-2-4-7(5-3-6)10(8)9;1-3-2;;/h2-5H,1H3;3H,1-2H3;;. The molecule has 0 heterocycles. The fourth-order valence-corrected chi connectivity index (χ4v) is 6.69. The Morgan fingerprint density at radius 1 is 1.14 bits per heavy atom. The lowest BCUT2D eigenvalue weighted by molar-refractivity contribution is 0.608. The Balaban J connectivity index is 2.99. The van der Waals surface area contributed by atoms with Crippen LogP contribution in [0.3, 0.4) is 0 Å². The van der Waals surface area contributed by atoms with Crippen LogP contribution < -0.4 is 0 Å². The molecule has 0 aliphatic rings. The van der Waals surface area contributed by atoms with Gasteiger partial charge >= 0.3 is 14.1 Å². The van der Waals surface area contributed by atoms with Crippen molar-refractivity contribution >= 4 is 22.3 Å². The summed E-state index contributed by atoms with van der Waals surface area (Å²) in [7, 11) is -2.94. The third-order valence-corrected chi connectivity index (χ3v) is 8.35. The zero-order valence-corrected chi connectivity index (χ0v) is 11.0. The van der Waals surface area contributed by atoms with E-state index < -0.39 is 22.3 Å². The Bertz CT molecular complexity index is 393. The van der Waals surface area contributed by atoms with E-state index in [0.29, 0.717) is 9.68 Å². The average molecular weight is 226 g/mol. The molecule has 0 aliphatic heterocycles. The number of aryl methyl sites for hydroxylation is 1. The SMILES string of the molecule is Cc1ccc([S](=O)(=O)[AlH][CH](C)C)cc1. The predicted octanol–water partition coefficient (Wildman–Crippen LogP) is 1.95. The molecule has 0 aromatic heterocycles. The van der Waals surface area contributed by atoms with Crippen molar-refractivity contribution in [2.45, 2.75) is 30.4 Å². The first-order valence-corrected chi connectivity index (χ1v) is 8.91. The summed E-state index contributed by atoms with van der Waals surface area (Å²) < 4.78 is 23.9. The first-order valence-electron chi connectivity index (χ1n) is 4.71. The third-order valence-electron chi connectivity index (χ3n) is 1.93. The summed E-state index contributed by atoms with van der Waals surface area (Å²) >= 11 is -1.06. The van der Waals surface area contributed by atoms with Gasteiger partial charge in [-0.25, -0.2) is 8.42 Å². The lowest BCUT2D eigenvalue weighted by Gasteiger charge is -2.05. The molecule has 2 nitrogen and oxygen atoms in total. The fourth-order valence-electron chi connectivity index (χ4n) is 1.28. The molecule has 0 aliphatic carbocycles. The Hall–Kier alpha value is -0.298. The van der Waals surface area contributed by atoms with Crippen molar-refractivity contribution in [2.75, 3.05) is 0 Å². The molecule has 0 bridgehead atoms. The smallest absolute Gasteiger partial charge is 0.248 e. The second-order valence-electron chi connectivity index (χ2n) is 3.99. The molecule has 1 rings (SSSR count). The number of benzene rings is 1. The summed E-state index contributed by atoms with van der Waals surface area (Å²) in [6, 6.07) is 7.11. The van der Waals surface area contributed by atoms with Crippen LogP contribution in [0.5, 0.6) is 0 Å². The predicted molar refractivity (Wildman–Crippen MR) is 60.6 cm³/mol. The number of hydrogen-bond donors (Lipinski definition) is 0. The highest BCUT2D eigenvalue weighted by atomic mass is 32.4. The van der Waals surface area contributed by atoms with E-state index in [1.165, 1.54) is 0 Å². The monoisotopic (exact) mass is 226 g/mol. The minimum atomic E-state index is -2.94. The van der Waals surface area contributed by atoms with E-state index in [1.807, 2.05) is 32.9 Å². The van der Waals surface area contributed by atoms with Gasteiger partial charge in [-0.3, -0.25) is 0 Å². The summed E-state index contributed by atoms with van der Waals surface area (Å²) in [6.07, 6.45) is 0. The highest BCUT2D eigenvalue weighted by Gasteiger charge is 2.19. The molecule has 0 N–H and O–H groups in total. The van der Waals surface area contributed by atoms with E-state index in [1.54, 1.807) is 12.1 Å². The number of hydrogen-bond acceptors (Lipinski definition) is 2. The van der Waals surface area contributed by atoms with Gasteiger partial charge in [0.05, 0.1) is 8.20 Å². The van der Waals surface area contributed by atoms with Crippen LogP contribution >= 0.6 is 0 Å². The quantitative estimate of drug-likeness (QED) is 0.738. The second-order valence-corrected chi connectivity index (χ2v) is 10.9. The van der Waals surface area contributed by atoms with Gasteiger partial charge in [0.15, 0.2) is 0 Å². The summed E-state index contributed by atoms with van der Waals surface area (Å²) in [6.45, 7) is 5.90. The van der Waals surface area contributed by atoms with Crippen molar-refractivity contribution in [1.82, 2.24) is 0 Å². The highest BCUT2D eigenvalue weighted by Crippen LogP contribution is 2.14. The maximum Gasteiger partial charge on any atom is 0.443 e. The van der Waals surface area contributed by atoms with Crippen LogP contribution in [0.25, 0.3) is 0 Å². The van der Waals surface area contributed by atoms with E-state index in [-0.39, 0.29) is 0 Å². The van der Waals surface area contributed by atoms with Crippen molar-refractivity contribution in [3.63, 3.8) is 0 Å². The first kappa shape index (κ1) is 11.8. The van der Waals surface area contributed by atoms with E-state index >= 15 is 0 Å². The molecule has 0 unspecified atom stereocenters. The van der Waals surface area contributed by atoms with Gasteiger partial charge < -0.3 is 0 Å². The van der Waals surface area contributed by atoms with Gasteiger partial charge in [0, 0.05) is 4.90 Å². The molecule has 0 radical (unpaired) electrons. The van der Waals surface area contributed by atoms with Gasteiger partial charge in [-0.15, -0.1) is 0 Å². The molecular weight excluding hydrogens is 211 g/mol.